The molecule has 98 valence electrons. The third kappa shape index (κ3) is 4.74. The van der Waals surface area contributed by atoms with Crippen molar-refractivity contribution in [1.82, 2.24) is 15.2 Å². The highest BCUT2D eigenvalue weighted by molar-refractivity contribution is 5.02. The lowest BCUT2D eigenvalue weighted by molar-refractivity contribution is -0.140. The minimum atomic E-state index is -4.22. The van der Waals surface area contributed by atoms with Crippen LogP contribution in [-0.2, 0) is 6.42 Å². The molecule has 0 spiro atoms. The molecule has 0 saturated carbocycles. The third-order valence-corrected chi connectivity index (χ3v) is 2.36. The fraction of sp³-hybridized carbons (Fsp3) is 0.700. The van der Waals surface area contributed by atoms with Crippen LogP contribution in [0.4, 0.5) is 13.2 Å². The van der Waals surface area contributed by atoms with Crippen molar-refractivity contribution in [2.75, 3.05) is 0 Å². The van der Waals surface area contributed by atoms with Crippen LogP contribution in [0.15, 0.2) is 12.3 Å². The van der Waals surface area contributed by atoms with E-state index in [0.29, 0.717) is 5.69 Å². The summed E-state index contributed by atoms with van der Waals surface area (Å²) in [7, 11) is 0. The first-order valence-electron chi connectivity index (χ1n) is 5.38. The lowest BCUT2D eigenvalue weighted by Gasteiger charge is -2.16. The van der Waals surface area contributed by atoms with Crippen molar-refractivity contribution in [3.63, 3.8) is 0 Å². The zero-order valence-electron chi connectivity index (χ0n) is 9.83. The largest absolute Gasteiger partial charge is 0.390 e. The van der Waals surface area contributed by atoms with Crippen molar-refractivity contribution in [1.29, 1.82) is 0 Å². The van der Waals surface area contributed by atoms with E-state index in [4.69, 9.17) is 5.84 Å². The molecule has 0 bridgehead atoms. The van der Waals surface area contributed by atoms with Crippen molar-refractivity contribution in [2.24, 2.45) is 5.84 Å². The minimum absolute atomic E-state index is 0.162. The molecule has 0 radical (unpaired) electrons. The van der Waals surface area contributed by atoms with Gasteiger partial charge in [0.1, 0.15) is 0 Å². The van der Waals surface area contributed by atoms with Gasteiger partial charge in [0.2, 0.25) is 0 Å². The Kier molecular flexibility index (Phi) is 4.53. The second-order valence-corrected chi connectivity index (χ2v) is 4.27. The van der Waals surface area contributed by atoms with Crippen molar-refractivity contribution in [3.8, 4) is 0 Å². The first-order valence-corrected chi connectivity index (χ1v) is 5.38. The maximum atomic E-state index is 12.2. The normalized spacial score (nSPS) is 14.3. The number of nitrogens with zero attached hydrogens (tertiary/aromatic N) is 2. The van der Waals surface area contributed by atoms with Crippen LogP contribution in [-0.4, -0.2) is 22.0 Å². The van der Waals surface area contributed by atoms with E-state index in [1.54, 1.807) is 16.9 Å². The number of halogens is 3. The highest BCUT2D eigenvalue weighted by atomic mass is 19.4. The lowest BCUT2D eigenvalue weighted by atomic mass is 10.1. The van der Waals surface area contributed by atoms with Gasteiger partial charge in [0.05, 0.1) is 12.1 Å². The second kappa shape index (κ2) is 5.50. The number of aromatic nitrogens is 2. The SMILES string of the molecule is CC(C)n1ccc(CC(CC(F)(F)F)NN)n1. The van der Waals surface area contributed by atoms with Crippen LogP contribution in [0.3, 0.4) is 0 Å². The number of alkyl halides is 3. The zero-order chi connectivity index (χ0) is 13.1. The summed E-state index contributed by atoms with van der Waals surface area (Å²) in [4.78, 5) is 0. The minimum Gasteiger partial charge on any atom is -0.271 e. The summed E-state index contributed by atoms with van der Waals surface area (Å²) in [6.07, 6.45) is -3.27. The Balaban J connectivity index is 2.61. The summed E-state index contributed by atoms with van der Waals surface area (Å²) in [6.45, 7) is 3.90. The molecule has 1 unspecified atom stereocenters. The Morgan fingerprint density at radius 3 is 2.53 bits per heavy atom. The third-order valence-electron chi connectivity index (χ3n) is 2.36. The zero-order valence-corrected chi connectivity index (χ0v) is 9.83. The second-order valence-electron chi connectivity index (χ2n) is 4.27. The molecule has 1 heterocycles. The topological polar surface area (TPSA) is 55.9 Å². The number of nitrogens with one attached hydrogen (secondary N) is 1. The van der Waals surface area contributed by atoms with E-state index < -0.39 is 18.6 Å². The molecular weight excluding hydrogens is 233 g/mol. The van der Waals surface area contributed by atoms with E-state index >= 15 is 0 Å². The quantitative estimate of drug-likeness (QED) is 0.618. The Morgan fingerprint density at radius 1 is 1.47 bits per heavy atom. The molecule has 0 aliphatic heterocycles. The van der Waals surface area contributed by atoms with Gasteiger partial charge in [0, 0.05) is 24.7 Å². The van der Waals surface area contributed by atoms with Crippen LogP contribution >= 0.6 is 0 Å². The molecule has 1 atom stereocenters. The molecule has 0 aliphatic rings. The van der Waals surface area contributed by atoms with Gasteiger partial charge < -0.3 is 0 Å². The Morgan fingerprint density at radius 2 is 2.12 bits per heavy atom. The van der Waals surface area contributed by atoms with Gasteiger partial charge >= 0.3 is 6.18 Å². The van der Waals surface area contributed by atoms with Gasteiger partial charge in [0.25, 0.3) is 0 Å². The van der Waals surface area contributed by atoms with Crippen LogP contribution in [0.25, 0.3) is 0 Å². The summed E-state index contributed by atoms with van der Waals surface area (Å²) in [5.41, 5.74) is 2.78. The first-order chi connectivity index (χ1) is 7.81. The fourth-order valence-corrected chi connectivity index (χ4v) is 1.50. The Labute approximate surface area is 97.9 Å². The number of hydrogen-bond acceptors (Lipinski definition) is 3. The van der Waals surface area contributed by atoms with Crippen LogP contribution in [0, 0.1) is 0 Å². The predicted molar refractivity (Wildman–Crippen MR) is 58.1 cm³/mol. The Hall–Kier alpha value is -1.08. The molecule has 0 saturated heterocycles. The van der Waals surface area contributed by atoms with Gasteiger partial charge in [0.15, 0.2) is 0 Å². The summed E-state index contributed by atoms with van der Waals surface area (Å²) in [5.74, 6) is 5.11. The predicted octanol–water partition coefficient (Wildman–Crippen LogP) is 1.79. The van der Waals surface area contributed by atoms with E-state index in [2.05, 4.69) is 10.5 Å². The van der Waals surface area contributed by atoms with Crippen molar-refractivity contribution >= 4 is 0 Å². The molecular formula is C10H17F3N4. The molecule has 3 N–H and O–H groups in total. The van der Waals surface area contributed by atoms with Gasteiger partial charge in [-0.15, -0.1) is 0 Å². The molecule has 0 fully saturated rings. The average Bonchev–Trinajstić information content (AvgIpc) is 2.63. The molecule has 1 rings (SSSR count). The fourth-order valence-electron chi connectivity index (χ4n) is 1.50. The van der Waals surface area contributed by atoms with Gasteiger partial charge in [-0.05, 0) is 19.9 Å². The van der Waals surface area contributed by atoms with E-state index in [-0.39, 0.29) is 12.5 Å². The summed E-state index contributed by atoms with van der Waals surface area (Å²) >= 11 is 0. The average molecular weight is 250 g/mol. The van der Waals surface area contributed by atoms with E-state index in [1.807, 2.05) is 13.8 Å². The van der Waals surface area contributed by atoms with Gasteiger partial charge in [-0.2, -0.15) is 18.3 Å². The van der Waals surface area contributed by atoms with Crippen molar-refractivity contribution in [3.05, 3.63) is 18.0 Å². The summed E-state index contributed by atoms with van der Waals surface area (Å²) in [5, 5.41) is 4.18. The van der Waals surface area contributed by atoms with E-state index in [0.717, 1.165) is 0 Å². The highest BCUT2D eigenvalue weighted by Crippen LogP contribution is 2.22. The van der Waals surface area contributed by atoms with Crippen LogP contribution < -0.4 is 11.3 Å². The van der Waals surface area contributed by atoms with Crippen LogP contribution in [0.5, 0.6) is 0 Å². The smallest absolute Gasteiger partial charge is 0.271 e. The summed E-state index contributed by atoms with van der Waals surface area (Å²) in [6, 6.07) is 1.06. The maximum absolute atomic E-state index is 12.2. The van der Waals surface area contributed by atoms with E-state index in [1.165, 1.54) is 0 Å². The standard InChI is InChI=1S/C10H17F3N4/c1-7(2)17-4-3-8(16-17)5-9(15-14)6-10(11,12)13/h3-4,7,9,15H,5-6,14H2,1-2H3. The van der Waals surface area contributed by atoms with Crippen molar-refractivity contribution in [2.45, 2.75) is 44.9 Å². The highest BCUT2D eigenvalue weighted by Gasteiger charge is 2.31. The lowest BCUT2D eigenvalue weighted by Crippen LogP contribution is -2.40. The molecule has 4 nitrogen and oxygen atoms in total. The van der Waals surface area contributed by atoms with Gasteiger partial charge in [-0.1, -0.05) is 0 Å². The van der Waals surface area contributed by atoms with Gasteiger partial charge in [-0.3, -0.25) is 16.0 Å². The maximum Gasteiger partial charge on any atom is 0.390 e. The molecule has 17 heavy (non-hydrogen) atoms. The number of hydrogen-bond donors (Lipinski definition) is 2. The van der Waals surface area contributed by atoms with Crippen LogP contribution in [0.2, 0.25) is 0 Å². The summed E-state index contributed by atoms with van der Waals surface area (Å²) < 4.78 is 38.3. The number of rotatable bonds is 5. The molecule has 0 amide bonds. The monoisotopic (exact) mass is 250 g/mol. The molecule has 1 aromatic heterocycles. The Bertz CT molecular complexity index is 346. The molecule has 1 aromatic rings. The van der Waals surface area contributed by atoms with Crippen molar-refractivity contribution < 1.29 is 13.2 Å². The number of nitrogens with two attached hydrogens (primary N) is 1. The van der Waals surface area contributed by atoms with Crippen LogP contribution in [0.1, 0.15) is 32.0 Å². The van der Waals surface area contributed by atoms with Gasteiger partial charge in [-0.25, -0.2) is 0 Å². The van der Waals surface area contributed by atoms with E-state index in [9.17, 15) is 13.2 Å². The molecule has 7 heteroatoms. The first kappa shape index (κ1) is 14.0. The number of hydrazine groups is 1. The molecule has 0 aromatic carbocycles. The molecule has 0 aliphatic carbocycles.